The van der Waals surface area contributed by atoms with E-state index in [1.807, 2.05) is 11.7 Å². The van der Waals surface area contributed by atoms with Gasteiger partial charge in [0, 0.05) is 29.7 Å². The minimum Gasteiger partial charge on any atom is -0.357 e. The fourth-order valence-corrected chi connectivity index (χ4v) is 3.30. The maximum absolute atomic E-state index is 4.76. The molecule has 6 heteroatoms. The molecule has 0 atom stereocenters. The van der Waals surface area contributed by atoms with Crippen LogP contribution in [0.5, 0.6) is 0 Å². The molecule has 2 aromatic rings. The van der Waals surface area contributed by atoms with Crippen molar-refractivity contribution in [3.05, 3.63) is 39.3 Å². The Bertz CT molecular complexity index is 628. The van der Waals surface area contributed by atoms with Gasteiger partial charge in [-0.1, -0.05) is 19.9 Å². The third kappa shape index (κ3) is 4.58. The van der Waals surface area contributed by atoms with Crippen LogP contribution in [-0.2, 0) is 33.0 Å². The van der Waals surface area contributed by atoms with E-state index in [-0.39, 0.29) is 0 Å². The Morgan fingerprint density at radius 3 is 2.70 bits per heavy atom. The topological polar surface area (TPSA) is 54.2 Å². The molecule has 0 spiro atoms. The first-order chi connectivity index (χ1) is 11.2. The van der Waals surface area contributed by atoms with Crippen LogP contribution in [0.2, 0.25) is 0 Å². The SMILES string of the molecule is CCNC(=NCc1c(CC)nn(C)c1CC)NCc1cccs1. The van der Waals surface area contributed by atoms with E-state index in [9.17, 15) is 0 Å². The van der Waals surface area contributed by atoms with Gasteiger partial charge in [-0.05, 0) is 31.2 Å². The fraction of sp³-hybridized carbons (Fsp3) is 0.529. The second-order valence-corrected chi connectivity index (χ2v) is 6.36. The lowest BCUT2D eigenvalue weighted by atomic mass is 10.1. The molecule has 5 nitrogen and oxygen atoms in total. The summed E-state index contributed by atoms with van der Waals surface area (Å²) in [4.78, 5) is 6.07. The maximum Gasteiger partial charge on any atom is 0.191 e. The van der Waals surface area contributed by atoms with Crippen molar-refractivity contribution in [1.29, 1.82) is 0 Å². The summed E-state index contributed by atoms with van der Waals surface area (Å²) < 4.78 is 2.00. The van der Waals surface area contributed by atoms with E-state index in [1.54, 1.807) is 11.3 Å². The number of aryl methyl sites for hydroxylation is 2. The summed E-state index contributed by atoms with van der Waals surface area (Å²) in [6.07, 6.45) is 1.92. The highest BCUT2D eigenvalue weighted by Gasteiger charge is 2.13. The Labute approximate surface area is 142 Å². The molecule has 0 aliphatic carbocycles. The number of hydrogen-bond acceptors (Lipinski definition) is 3. The highest BCUT2D eigenvalue weighted by molar-refractivity contribution is 7.09. The highest BCUT2D eigenvalue weighted by atomic mass is 32.1. The molecule has 2 aromatic heterocycles. The Balaban J connectivity index is 2.10. The van der Waals surface area contributed by atoms with Crippen LogP contribution in [0.1, 0.15) is 42.6 Å². The highest BCUT2D eigenvalue weighted by Crippen LogP contribution is 2.16. The summed E-state index contributed by atoms with van der Waals surface area (Å²) in [5, 5.41) is 13.4. The third-order valence-electron chi connectivity index (χ3n) is 3.78. The second kappa shape index (κ2) is 8.72. The van der Waals surface area contributed by atoms with Crippen LogP contribution in [0, 0.1) is 0 Å². The Morgan fingerprint density at radius 2 is 2.09 bits per heavy atom. The van der Waals surface area contributed by atoms with Gasteiger partial charge in [0.2, 0.25) is 0 Å². The minimum absolute atomic E-state index is 0.667. The molecule has 0 aliphatic rings. The van der Waals surface area contributed by atoms with Gasteiger partial charge < -0.3 is 10.6 Å². The number of aliphatic imine (C=N–C) groups is 1. The van der Waals surface area contributed by atoms with Gasteiger partial charge in [0.05, 0.1) is 18.8 Å². The van der Waals surface area contributed by atoms with Gasteiger partial charge >= 0.3 is 0 Å². The number of nitrogens with one attached hydrogen (secondary N) is 2. The average molecular weight is 334 g/mol. The lowest BCUT2D eigenvalue weighted by molar-refractivity contribution is 0.703. The molecule has 0 amide bonds. The molecule has 23 heavy (non-hydrogen) atoms. The van der Waals surface area contributed by atoms with E-state index in [0.29, 0.717) is 6.54 Å². The molecule has 2 N–H and O–H groups in total. The molecular formula is C17H27N5S. The standard InChI is InChI=1S/C17H27N5S/c1-5-15-14(16(6-2)22(4)21-15)12-20-17(18-7-3)19-11-13-9-8-10-23-13/h8-10H,5-7,11-12H2,1-4H3,(H2,18,19,20). The zero-order chi connectivity index (χ0) is 16.7. The van der Waals surface area contributed by atoms with E-state index in [1.165, 1.54) is 16.1 Å². The minimum atomic E-state index is 0.667. The zero-order valence-corrected chi connectivity index (χ0v) is 15.3. The van der Waals surface area contributed by atoms with Gasteiger partial charge in [-0.2, -0.15) is 5.10 Å². The summed E-state index contributed by atoms with van der Waals surface area (Å²) in [5.41, 5.74) is 3.70. The number of aromatic nitrogens is 2. The third-order valence-corrected chi connectivity index (χ3v) is 4.65. The van der Waals surface area contributed by atoms with Crippen molar-refractivity contribution in [3.63, 3.8) is 0 Å². The van der Waals surface area contributed by atoms with E-state index in [4.69, 9.17) is 4.99 Å². The fourth-order valence-electron chi connectivity index (χ4n) is 2.66. The van der Waals surface area contributed by atoms with Crippen LogP contribution in [0.4, 0.5) is 0 Å². The molecule has 0 bridgehead atoms. The number of hydrogen-bond donors (Lipinski definition) is 2. The normalized spacial score (nSPS) is 11.7. The van der Waals surface area contributed by atoms with E-state index in [0.717, 1.165) is 37.6 Å². The summed E-state index contributed by atoms with van der Waals surface area (Å²) in [6, 6.07) is 4.20. The second-order valence-electron chi connectivity index (χ2n) is 5.33. The van der Waals surface area contributed by atoms with Crippen molar-refractivity contribution in [3.8, 4) is 0 Å². The van der Waals surface area contributed by atoms with Crippen molar-refractivity contribution in [2.24, 2.45) is 12.0 Å². The molecule has 0 saturated heterocycles. The summed E-state index contributed by atoms with van der Waals surface area (Å²) >= 11 is 1.75. The molecule has 0 unspecified atom stereocenters. The van der Waals surface area contributed by atoms with Gasteiger partial charge in [0.1, 0.15) is 0 Å². The maximum atomic E-state index is 4.76. The molecule has 0 saturated carbocycles. The van der Waals surface area contributed by atoms with E-state index >= 15 is 0 Å². The molecule has 0 aromatic carbocycles. The number of guanidine groups is 1. The predicted molar refractivity (Wildman–Crippen MR) is 97.9 cm³/mol. The van der Waals surface area contributed by atoms with Gasteiger partial charge in [-0.25, -0.2) is 4.99 Å². The van der Waals surface area contributed by atoms with Gasteiger partial charge in [-0.15, -0.1) is 11.3 Å². The molecule has 0 fully saturated rings. The first-order valence-corrected chi connectivity index (χ1v) is 9.15. The summed E-state index contributed by atoms with van der Waals surface area (Å²) in [7, 11) is 2.02. The Hall–Kier alpha value is -1.82. The van der Waals surface area contributed by atoms with Gasteiger partial charge in [0.25, 0.3) is 0 Å². The first kappa shape index (κ1) is 17.5. The summed E-state index contributed by atoms with van der Waals surface area (Å²) in [5.74, 6) is 0.855. The van der Waals surface area contributed by atoms with Crippen LogP contribution in [0.25, 0.3) is 0 Å². The largest absolute Gasteiger partial charge is 0.357 e. The zero-order valence-electron chi connectivity index (χ0n) is 14.5. The number of rotatable bonds is 7. The average Bonchev–Trinajstić information content (AvgIpc) is 3.17. The van der Waals surface area contributed by atoms with Crippen molar-refractivity contribution in [2.45, 2.75) is 46.7 Å². The van der Waals surface area contributed by atoms with Gasteiger partial charge in [-0.3, -0.25) is 4.68 Å². The summed E-state index contributed by atoms with van der Waals surface area (Å²) in [6.45, 7) is 8.73. The predicted octanol–water partition coefficient (Wildman–Crippen LogP) is 2.86. The Morgan fingerprint density at radius 1 is 1.26 bits per heavy atom. The lowest BCUT2D eigenvalue weighted by Crippen LogP contribution is -2.36. The first-order valence-electron chi connectivity index (χ1n) is 8.27. The van der Waals surface area contributed by atoms with Crippen LogP contribution in [0.15, 0.2) is 22.5 Å². The molecule has 0 aliphatic heterocycles. The Kier molecular flexibility index (Phi) is 6.65. The van der Waals surface area contributed by atoms with Crippen LogP contribution in [0.3, 0.4) is 0 Å². The molecule has 2 heterocycles. The van der Waals surface area contributed by atoms with Crippen LogP contribution >= 0.6 is 11.3 Å². The van der Waals surface area contributed by atoms with Crippen LogP contribution < -0.4 is 10.6 Å². The van der Waals surface area contributed by atoms with E-state index < -0.39 is 0 Å². The van der Waals surface area contributed by atoms with Crippen molar-refractivity contribution in [1.82, 2.24) is 20.4 Å². The van der Waals surface area contributed by atoms with Crippen LogP contribution in [-0.4, -0.2) is 22.3 Å². The van der Waals surface area contributed by atoms with Crippen molar-refractivity contribution >= 4 is 17.3 Å². The van der Waals surface area contributed by atoms with Gasteiger partial charge in [0.15, 0.2) is 5.96 Å². The molecule has 0 radical (unpaired) electrons. The smallest absolute Gasteiger partial charge is 0.191 e. The number of thiophene rings is 1. The van der Waals surface area contributed by atoms with E-state index in [2.05, 4.69) is 54.0 Å². The number of nitrogens with zero attached hydrogens (tertiary/aromatic N) is 3. The quantitative estimate of drug-likeness (QED) is 0.605. The molecular weight excluding hydrogens is 306 g/mol. The molecule has 126 valence electrons. The molecule has 2 rings (SSSR count). The van der Waals surface area contributed by atoms with Crippen molar-refractivity contribution < 1.29 is 0 Å². The van der Waals surface area contributed by atoms with Crippen molar-refractivity contribution in [2.75, 3.05) is 6.54 Å². The monoisotopic (exact) mass is 333 g/mol. The lowest BCUT2D eigenvalue weighted by Gasteiger charge is -2.11.